The molecule has 1 aliphatic heterocycles. The zero-order chi connectivity index (χ0) is 15.5. The number of rotatable bonds is 4. The molecular weight excluding hydrogens is 278 g/mol. The standard InChI is InChI=1S/C18H25NO3/c1-13-5-6-14(11-20)10-19(13)18(21)12-22-17-8-7-15-3-2-4-16(15)9-17/h7-9,13-14,20H,2-6,10-12H2,1H3. The van der Waals surface area contributed by atoms with Crippen LogP contribution in [0, 0.1) is 5.92 Å². The first kappa shape index (κ1) is 15.3. The number of aliphatic hydroxyl groups excluding tert-OH is 1. The molecule has 0 saturated carbocycles. The van der Waals surface area contributed by atoms with Gasteiger partial charge < -0.3 is 14.7 Å². The number of likely N-dealkylation sites (tertiary alicyclic amines) is 1. The largest absolute Gasteiger partial charge is 0.484 e. The van der Waals surface area contributed by atoms with Gasteiger partial charge in [0, 0.05) is 19.2 Å². The topological polar surface area (TPSA) is 49.8 Å². The third kappa shape index (κ3) is 3.27. The molecule has 22 heavy (non-hydrogen) atoms. The molecule has 4 heteroatoms. The highest BCUT2D eigenvalue weighted by atomic mass is 16.5. The average Bonchev–Trinajstić information content (AvgIpc) is 3.00. The van der Waals surface area contributed by atoms with E-state index in [1.54, 1.807) is 0 Å². The Morgan fingerprint density at radius 2 is 2.14 bits per heavy atom. The number of aryl methyl sites for hydroxylation is 2. The van der Waals surface area contributed by atoms with Crippen LogP contribution in [0.2, 0.25) is 0 Å². The van der Waals surface area contributed by atoms with Crippen LogP contribution in [0.4, 0.5) is 0 Å². The predicted octanol–water partition coefficient (Wildman–Crippen LogP) is 2.17. The molecule has 1 heterocycles. The average molecular weight is 303 g/mol. The summed E-state index contributed by atoms with van der Waals surface area (Å²) < 4.78 is 5.71. The summed E-state index contributed by atoms with van der Waals surface area (Å²) in [5.41, 5.74) is 2.77. The van der Waals surface area contributed by atoms with Crippen LogP contribution in [0.3, 0.4) is 0 Å². The van der Waals surface area contributed by atoms with Crippen LogP contribution in [0.1, 0.15) is 37.3 Å². The molecule has 0 radical (unpaired) electrons. The Morgan fingerprint density at radius 3 is 2.95 bits per heavy atom. The minimum absolute atomic E-state index is 0.0196. The lowest BCUT2D eigenvalue weighted by Gasteiger charge is -2.37. The lowest BCUT2D eigenvalue weighted by Crippen LogP contribution is -2.48. The van der Waals surface area contributed by atoms with Gasteiger partial charge in [0.25, 0.3) is 5.91 Å². The molecule has 1 N–H and O–H groups in total. The van der Waals surface area contributed by atoms with Gasteiger partial charge in [-0.15, -0.1) is 0 Å². The molecule has 1 aromatic rings. The highest BCUT2D eigenvalue weighted by molar-refractivity contribution is 5.78. The van der Waals surface area contributed by atoms with Crippen molar-refractivity contribution in [3.8, 4) is 5.75 Å². The number of aliphatic hydroxyl groups is 1. The zero-order valence-corrected chi connectivity index (χ0v) is 13.3. The lowest BCUT2D eigenvalue weighted by atomic mass is 9.94. The van der Waals surface area contributed by atoms with E-state index in [-0.39, 0.29) is 31.1 Å². The maximum Gasteiger partial charge on any atom is 0.260 e. The lowest BCUT2D eigenvalue weighted by molar-refractivity contribution is -0.138. The van der Waals surface area contributed by atoms with Crippen molar-refractivity contribution in [2.75, 3.05) is 19.8 Å². The Morgan fingerprint density at radius 1 is 1.32 bits per heavy atom. The Bertz CT molecular complexity index is 543. The van der Waals surface area contributed by atoms with E-state index < -0.39 is 0 Å². The molecule has 0 aromatic heterocycles. The van der Waals surface area contributed by atoms with Crippen molar-refractivity contribution >= 4 is 5.91 Å². The Labute approximate surface area is 132 Å². The Kier molecular flexibility index (Phi) is 4.67. The second-order valence-electron chi connectivity index (χ2n) is 6.59. The van der Waals surface area contributed by atoms with Gasteiger partial charge in [-0.3, -0.25) is 4.79 Å². The summed E-state index contributed by atoms with van der Waals surface area (Å²) in [6.07, 6.45) is 5.43. The molecule has 0 bridgehead atoms. The molecule has 2 aliphatic rings. The summed E-state index contributed by atoms with van der Waals surface area (Å²) in [6.45, 7) is 2.95. The van der Waals surface area contributed by atoms with E-state index in [1.165, 1.54) is 17.5 Å². The van der Waals surface area contributed by atoms with Gasteiger partial charge in [0.15, 0.2) is 6.61 Å². The third-order valence-corrected chi connectivity index (χ3v) is 4.99. The van der Waals surface area contributed by atoms with Crippen molar-refractivity contribution in [2.24, 2.45) is 5.92 Å². The minimum Gasteiger partial charge on any atom is -0.484 e. The number of hydrogen-bond acceptors (Lipinski definition) is 3. The van der Waals surface area contributed by atoms with Crippen molar-refractivity contribution in [3.63, 3.8) is 0 Å². The van der Waals surface area contributed by atoms with Gasteiger partial charge in [-0.2, -0.15) is 0 Å². The van der Waals surface area contributed by atoms with E-state index in [2.05, 4.69) is 19.1 Å². The summed E-state index contributed by atoms with van der Waals surface area (Å²) in [6, 6.07) is 6.39. The van der Waals surface area contributed by atoms with Crippen molar-refractivity contribution in [1.29, 1.82) is 0 Å². The fourth-order valence-electron chi connectivity index (χ4n) is 3.54. The van der Waals surface area contributed by atoms with E-state index in [1.807, 2.05) is 11.0 Å². The molecule has 4 nitrogen and oxygen atoms in total. The van der Waals surface area contributed by atoms with Gasteiger partial charge in [-0.05, 0) is 68.2 Å². The van der Waals surface area contributed by atoms with Crippen molar-refractivity contribution in [2.45, 2.75) is 45.1 Å². The maximum atomic E-state index is 12.4. The number of ether oxygens (including phenoxy) is 1. The van der Waals surface area contributed by atoms with E-state index in [9.17, 15) is 9.90 Å². The van der Waals surface area contributed by atoms with Crippen LogP contribution < -0.4 is 4.74 Å². The van der Waals surface area contributed by atoms with Gasteiger partial charge in [0.2, 0.25) is 0 Å². The summed E-state index contributed by atoms with van der Waals surface area (Å²) in [4.78, 5) is 14.3. The van der Waals surface area contributed by atoms with Crippen LogP contribution in [-0.4, -0.2) is 41.7 Å². The van der Waals surface area contributed by atoms with Crippen LogP contribution in [-0.2, 0) is 17.6 Å². The molecular formula is C18H25NO3. The number of carbonyl (C=O) groups is 1. The quantitative estimate of drug-likeness (QED) is 0.927. The number of nitrogens with zero attached hydrogens (tertiary/aromatic N) is 1. The van der Waals surface area contributed by atoms with Crippen molar-refractivity contribution in [3.05, 3.63) is 29.3 Å². The summed E-state index contributed by atoms with van der Waals surface area (Å²) >= 11 is 0. The number of benzene rings is 1. The van der Waals surface area contributed by atoms with E-state index in [0.717, 1.165) is 31.4 Å². The van der Waals surface area contributed by atoms with Gasteiger partial charge in [0.1, 0.15) is 5.75 Å². The fraction of sp³-hybridized carbons (Fsp3) is 0.611. The second kappa shape index (κ2) is 6.69. The van der Waals surface area contributed by atoms with Crippen LogP contribution in [0.15, 0.2) is 18.2 Å². The highest BCUT2D eigenvalue weighted by Crippen LogP contribution is 2.26. The first-order valence-electron chi connectivity index (χ1n) is 8.32. The van der Waals surface area contributed by atoms with Gasteiger partial charge in [0.05, 0.1) is 0 Å². The molecule has 1 saturated heterocycles. The Hall–Kier alpha value is -1.55. The van der Waals surface area contributed by atoms with E-state index >= 15 is 0 Å². The molecule has 120 valence electrons. The van der Waals surface area contributed by atoms with Crippen LogP contribution in [0.5, 0.6) is 5.75 Å². The molecule has 1 aliphatic carbocycles. The normalized spacial score (nSPS) is 24.2. The summed E-state index contributed by atoms with van der Waals surface area (Å²) in [7, 11) is 0. The van der Waals surface area contributed by atoms with Gasteiger partial charge in [-0.1, -0.05) is 6.07 Å². The van der Waals surface area contributed by atoms with Crippen molar-refractivity contribution in [1.82, 2.24) is 4.90 Å². The van der Waals surface area contributed by atoms with E-state index in [0.29, 0.717) is 6.54 Å². The number of hydrogen-bond donors (Lipinski definition) is 1. The molecule has 3 rings (SSSR count). The molecule has 1 fully saturated rings. The zero-order valence-electron chi connectivity index (χ0n) is 13.3. The molecule has 2 unspecified atom stereocenters. The third-order valence-electron chi connectivity index (χ3n) is 4.99. The summed E-state index contributed by atoms with van der Waals surface area (Å²) in [5.74, 6) is 1.02. The smallest absolute Gasteiger partial charge is 0.260 e. The van der Waals surface area contributed by atoms with Gasteiger partial charge in [-0.25, -0.2) is 0 Å². The van der Waals surface area contributed by atoms with E-state index in [4.69, 9.17) is 4.74 Å². The number of fused-ring (bicyclic) bond motifs is 1. The number of piperidine rings is 1. The molecule has 1 amide bonds. The molecule has 1 aromatic carbocycles. The fourth-order valence-corrected chi connectivity index (χ4v) is 3.54. The second-order valence-corrected chi connectivity index (χ2v) is 6.59. The monoisotopic (exact) mass is 303 g/mol. The highest BCUT2D eigenvalue weighted by Gasteiger charge is 2.28. The van der Waals surface area contributed by atoms with Crippen molar-refractivity contribution < 1.29 is 14.6 Å². The van der Waals surface area contributed by atoms with Gasteiger partial charge >= 0.3 is 0 Å². The maximum absolute atomic E-state index is 12.4. The Balaban J connectivity index is 1.57. The van der Waals surface area contributed by atoms with Crippen LogP contribution in [0.25, 0.3) is 0 Å². The first-order chi connectivity index (χ1) is 10.7. The minimum atomic E-state index is 0.0196. The number of carbonyl (C=O) groups excluding carboxylic acids is 1. The van der Waals surface area contributed by atoms with Crippen LogP contribution >= 0.6 is 0 Å². The molecule has 0 spiro atoms. The summed E-state index contributed by atoms with van der Waals surface area (Å²) in [5, 5.41) is 9.31. The predicted molar refractivity (Wildman–Crippen MR) is 84.9 cm³/mol. The first-order valence-corrected chi connectivity index (χ1v) is 8.32. The number of amides is 1. The molecule has 2 atom stereocenters. The SMILES string of the molecule is CC1CCC(CO)CN1C(=O)COc1ccc2c(c1)CCC2.